The van der Waals surface area contributed by atoms with Crippen molar-refractivity contribution in [3.8, 4) is 0 Å². The molecule has 1 aliphatic rings. The molecule has 11 nitrogen and oxygen atoms in total. The molecule has 1 heterocycles. The summed E-state index contributed by atoms with van der Waals surface area (Å²) in [7, 11) is 0. The van der Waals surface area contributed by atoms with Crippen molar-refractivity contribution in [3.63, 3.8) is 0 Å². The molecular weight excluding hydrogens is 765 g/mol. The highest BCUT2D eigenvalue weighted by atomic mass is 16.7. The Bertz CT molecular complexity index is 1100. The molecule has 60 heavy (non-hydrogen) atoms. The first-order chi connectivity index (χ1) is 29.2. The molecule has 0 saturated carbocycles. The second kappa shape index (κ2) is 39.5. The van der Waals surface area contributed by atoms with Gasteiger partial charge in [0.1, 0.15) is 24.9 Å². The minimum atomic E-state index is -1.86. The molecule has 1 rings (SSSR count). The van der Waals surface area contributed by atoms with Crippen LogP contribution in [0.2, 0.25) is 0 Å². The third kappa shape index (κ3) is 30.7. The number of aliphatic hydroxyl groups excluding tert-OH is 3. The van der Waals surface area contributed by atoms with Crippen LogP contribution in [0.1, 0.15) is 219 Å². The Kier molecular flexibility index (Phi) is 36.7. The van der Waals surface area contributed by atoms with E-state index in [1.807, 2.05) is 0 Å². The standard InChI is InChI=1S/C49H88O11/c1-3-5-7-9-11-13-15-17-19-21-23-25-27-29-31-33-35-37-42(50)57-39-41(40-58-49-46(54)44(52)45(53)47(60-49)48(55)56)59-43(51)38-36-34-32-30-28-26-24-22-20-18-16-14-12-10-8-6-4-2/h11,13,17,19,41,44-47,49,52-54H,3-10,12,14-16,18,20-40H2,1-2H3,(H,55,56)/b13-11-,19-17-. The van der Waals surface area contributed by atoms with Crippen LogP contribution >= 0.6 is 0 Å². The Morgan fingerprint density at radius 1 is 0.517 bits per heavy atom. The van der Waals surface area contributed by atoms with Crippen molar-refractivity contribution in [1.29, 1.82) is 0 Å². The minimum absolute atomic E-state index is 0.186. The molecular formula is C49H88O11. The smallest absolute Gasteiger partial charge is 0.335 e. The van der Waals surface area contributed by atoms with Gasteiger partial charge in [-0.3, -0.25) is 9.59 Å². The summed E-state index contributed by atoms with van der Waals surface area (Å²) in [5.41, 5.74) is 0. The van der Waals surface area contributed by atoms with Crippen LogP contribution in [-0.4, -0.2) is 88.4 Å². The molecule has 0 aliphatic carbocycles. The highest BCUT2D eigenvalue weighted by Crippen LogP contribution is 2.23. The van der Waals surface area contributed by atoms with Crippen molar-refractivity contribution in [1.82, 2.24) is 0 Å². The van der Waals surface area contributed by atoms with Gasteiger partial charge < -0.3 is 39.4 Å². The van der Waals surface area contributed by atoms with Crippen LogP contribution < -0.4 is 0 Å². The predicted octanol–water partition coefficient (Wildman–Crippen LogP) is 11.0. The largest absolute Gasteiger partial charge is 0.479 e. The molecule has 0 bridgehead atoms. The fourth-order valence-electron chi connectivity index (χ4n) is 7.44. The number of aliphatic hydroxyl groups is 3. The fourth-order valence-corrected chi connectivity index (χ4v) is 7.44. The molecule has 0 aromatic carbocycles. The monoisotopic (exact) mass is 853 g/mol. The maximum Gasteiger partial charge on any atom is 0.335 e. The highest BCUT2D eigenvalue weighted by molar-refractivity contribution is 5.73. The third-order valence-electron chi connectivity index (χ3n) is 11.3. The normalized spacial score (nSPS) is 19.9. The van der Waals surface area contributed by atoms with Crippen LogP contribution in [-0.2, 0) is 33.3 Å². The van der Waals surface area contributed by atoms with Gasteiger partial charge in [-0.1, -0.05) is 186 Å². The maximum atomic E-state index is 12.8. The molecule has 1 fully saturated rings. The molecule has 350 valence electrons. The summed E-state index contributed by atoms with van der Waals surface area (Å²) in [6, 6.07) is 0. The molecule has 0 amide bonds. The highest BCUT2D eigenvalue weighted by Gasteiger charge is 2.47. The second-order valence-corrected chi connectivity index (χ2v) is 17.0. The van der Waals surface area contributed by atoms with E-state index in [1.54, 1.807) is 0 Å². The molecule has 4 N–H and O–H groups in total. The number of hydrogen-bond donors (Lipinski definition) is 4. The van der Waals surface area contributed by atoms with E-state index in [1.165, 1.54) is 128 Å². The lowest BCUT2D eigenvalue weighted by Gasteiger charge is -2.38. The van der Waals surface area contributed by atoms with E-state index < -0.39 is 54.7 Å². The number of carbonyl (C=O) groups excluding carboxylic acids is 2. The number of esters is 2. The third-order valence-corrected chi connectivity index (χ3v) is 11.3. The summed E-state index contributed by atoms with van der Waals surface area (Å²) in [5.74, 6) is -2.44. The van der Waals surface area contributed by atoms with Crippen molar-refractivity contribution in [3.05, 3.63) is 24.3 Å². The van der Waals surface area contributed by atoms with Crippen LogP contribution in [0, 0.1) is 0 Å². The van der Waals surface area contributed by atoms with Crippen molar-refractivity contribution in [2.24, 2.45) is 0 Å². The number of rotatable bonds is 41. The van der Waals surface area contributed by atoms with E-state index >= 15 is 0 Å². The van der Waals surface area contributed by atoms with Gasteiger partial charge >= 0.3 is 17.9 Å². The van der Waals surface area contributed by atoms with Gasteiger partial charge in [-0.2, -0.15) is 0 Å². The SMILES string of the molecule is CCCCC/C=C\C/C=C\CCCCCCCCCC(=O)OCC(COC1OC(C(=O)O)C(O)C(O)C1O)OC(=O)CCCCCCCCCCCCCCCCCCC. The first kappa shape index (κ1) is 55.7. The first-order valence-electron chi connectivity index (χ1n) is 24.4. The van der Waals surface area contributed by atoms with Crippen molar-refractivity contribution in [2.45, 2.75) is 256 Å². The number of carboxylic acids is 1. The van der Waals surface area contributed by atoms with E-state index in [9.17, 15) is 34.8 Å². The Balaban J connectivity index is 2.33. The van der Waals surface area contributed by atoms with Crippen molar-refractivity contribution in [2.75, 3.05) is 13.2 Å². The lowest BCUT2D eigenvalue weighted by molar-refractivity contribution is -0.298. The zero-order chi connectivity index (χ0) is 43.9. The summed E-state index contributed by atoms with van der Waals surface area (Å²) >= 11 is 0. The maximum absolute atomic E-state index is 12.8. The van der Waals surface area contributed by atoms with E-state index in [-0.39, 0.29) is 26.1 Å². The molecule has 0 aromatic heterocycles. The molecule has 6 atom stereocenters. The fraction of sp³-hybridized carbons (Fsp3) is 0.857. The molecule has 1 aliphatic heterocycles. The molecule has 11 heteroatoms. The first-order valence-corrected chi connectivity index (χ1v) is 24.4. The van der Waals surface area contributed by atoms with Gasteiger partial charge in [-0.05, 0) is 44.9 Å². The molecule has 1 saturated heterocycles. The summed E-state index contributed by atoms with van der Waals surface area (Å²) in [6.07, 6.45) is 35.1. The Morgan fingerprint density at radius 2 is 0.933 bits per heavy atom. The van der Waals surface area contributed by atoms with Gasteiger partial charge in [0.25, 0.3) is 0 Å². The second-order valence-electron chi connectivity index (χ2n) is 17.0. The lowest BCUT2D eigenvalue weighted by Crippen LogP contribution is -2.60. The number of aliphatic carboxylic acids is 1. The van der Waals surface area contributed by atoms with E-state index in [4.69, 9.17) is 18.9 Å². The number of unbranched alkanes of at least 4 members (excludes halogenated alkanes) is 26. The topological polar surface area (TPSA) is 169 Å². The number of ether oxygens (including phenoxy) is 4. The van der Waals surface area contributed by atoms with Crippen LogP contribution in [0.4, 0.5) is 0 Å². The van der Waals surface area contributed by atoms with Crippen LogP contribution in [0.25, 0.3) is 0 Å². The van der Waals surface area contributed by atoms with Gasteiger partial charge in [0, 0.05) is 12.8 Å². The van der Waals surface area contributed by atoms with Gasteiger partial charge in [0.2, 0.25) is 0 Å². The summed E-state index contributed by atoms with van der Waals surface area (Å²) in [4.78, 5) is 36.9. The zero-order valence-electron chi connectivity index (χ0n) is 38.0. The Labute approximate surface area is 364 Å². The van der Waals surface area contributed by atoms with Gasteiger partial charge in [0.05, 0.1) is 6.61 Å². The summed E-state index contributed by atoms with van der Waals surface area (Å²) in [5, 5.41) is 39.9. The average Bonchev–Trinajstić information content (AvgIpc) is 3.23. The molecule has 0 radical (unpaired) electrons. The Morgan fingerprint density at radius 3 is 1.42 bits per heavy atom. The van der Waals surface area contributed by atoms with Gasteiger partial charge in [-0.25, -0.2) is 4.79 Å². The van der Waals surface area contributed by atoms with Crippen molar-refractivity contribution < 1.29 is 53.8 Å². The van der Waals surface area contributed by atoms with Gasteiger partial charge in [0.15, 0.2) is 18.5 Å². The van der Waals surface area contributed by atoms with E-state index in [2.05, 4.69) is 38.2 Å². The Hall–Kier alpha value is -2.31. The molecule has 0 aromatic rings. The van der Waals surface area contributed by atoms with E-state index in [0.29, 0.717) is 12.8 Å². The number of carbonyl (C=O) groups is 3. The lowest BCUT2D eigenvalue weighted by atomic mass is 9.99. The minimum Gasteiger partial charge on any atom is -0.479 e. The van der Waals surface area contributed by atoms with Gasteiger partial charge in [-0.15, -0.1) is 0 Å². The molecule has 0 spiro atoms. The van der Waals surface area contributed by atoms with Crippen molar-refractivity contribution >= 4 is 17.9 Å². The quantitative estimate of drug-likeness (QED) is 0.0262. The van der Waals surface area contributed by atoms with Crippen LogP contribution in [0.15, 0.2) is 24.3 Å². The van der Waals surface area contributed by atoms with Crippen LogP contribution in [0.5, 0.6) is 0 Å². The summed E-state index contributed by atoms with van der Waals surface area (Å²) < 4.78 is 21.8. The average molecular weight is 853 g/mol. The molecule has 6 unspecified atom stereocenters. The predicted molar refractivity (Wildman–Crippen MR) is 238 cm³/mol. The number of allylic oxidation sites excluding steroid dienone is 4. The number of hydrogen-bond acceptors (Lipinski definition) is 10. The zero-order valence-corrected chi connectivity index (χ0v) is 38.0. The summed E-state index contributed by atoms with van der Waals surface area (Å²) in [6.45, 7) is 3.81. The van der Waals surface area contributed by atoms with Crippen LogP contribution in [0.3, 0.4) is 0 Å². The van der Waals surface area contributed by atoms with E-state index in [0.717, 1.165) is 51.4 Å². The number of carboxylic acid groups (broad SMARTS) is 1.